The Morgan fingerprint density at radius 3 is 1.60 bits per heavy atom. The summed E-state index contributed by atoms with van der Waals surface area (Å²) >= 11 is 0. The molecule has 0 bridgehead atoms. The third-order valence-electron chi connectivity index (χ3n) is 9.01. The lowest BCUT2D eigenvalue weighted by Crippen LogP contribution is -2.00. The Morgan fingerprint density at radius 2 is 0.920 bits per heavy atom. The van der Waals surface area contributed by atoms with Crippen molar-refractivity contribution in [1.29, 1.82) is 0 Å². The van der Waals surface area contributed by atoms with E-state index in [1.807, 2.05) is 127 Å². The minimum absolute atomic E-state index is 0.108. The Bertz CT molecular complexity index is 3070. The van der Waals surface area contributed by atoms with E-state index in [2.05, 4.69) is 0 Å². The van der Waals surface area contributed by atoms with Gasteiger partial charge in [-0.05, 0) is 64.7 Å². The van der Waals surface area contributed by atoms with Gasteiger partial charge in [0.15, 0.2) is 17.5 Å². The molecule has 10 rings (SSSR count). The van der Waals surface area contributed by atoms with Crippen molar-refractivity contribution in [2.24, 2.45) is 0 Å². The lowest BCUT2D eigenvalue weighted by Gasteiger charge is -2.09. The normalized spacial score (nSPS) is 13.0. The number of hydrogen-bond acceptors (Lipinski definition) is 5. The number of nitrogens with zero attached hydrogens (tertiary/aromatic N) is 3. The van der Waals surface area contributed by atoms with Crippen LogP contribution in [0.3, 0.4) is 0 Å². The molecule has 0 amide bonds. The van der Waals surface area contributed by atoms with E-state index in [4.69, 9.17) is 30.6 Å². The maximum Gasteiger partial charge on any atom is 0.164 e. The SMILES string of the molecule is [2H]c1c([2H])c([2H])c(-c2cc(-c3ccc4c(c3)oc3cc(-c5nc(-c6ccccc6)nc(-c6ccccc6)n5)ccc34)c3c(c2)oc2ccccc23)c([2H])c1[2H]. The summed E-state index contributed by atoms with van der Waals surface area (Å²) in [6.07, 6.45) is 0. The number of hydrogen-bond donors (Lipinski definition) is 0. The zero-order valence-corrected chi connectivity index (χ0v) is 26.4. The Balaban J connectivity index is 1.14. The fraction of sp³-hybridized carbons (Fsp3) is 0. The summed E-state index contributed by atoms with van der Waals surface area (Å²) in [4.78, 5) is 14.6. The van der Waals surface area contributed by atoms with Crippen LogP contribution >= 0.6 is 0 Å². The Morgan fingerprint density at radius 1 is 0.380 bits per heavy atom. The van der Waals surface area contributed by atoms with Gasteiger partial charge in [-0.25, -0.2) is 15.0 Å². The molecule has 10 aromatic rings. The smallest absolute Gasteiger partial charge is 0.164 e. The van der Waals surface area contributed by atoms with E-state index in [1.165, 1.54) is 0 Å². The van der Waals surface area contributed by atoms with Crippen LogP contribution in [0.1, 0.15) is 6.85 Å². The molecule has 0 atom stereocenters. The highest BCUT2D eigenvalue weighted by Crippen LogP contribution is 2.42. The summed E-state index contributed by atoms with van der Waals surface area (Å²) < 4.78 is 55.0. The van der Waals surface area contributed by atoms with E-state index in [0.29, 0.717) is 45.4 Å². The van der Waals surface area contributed by atoms with Gasteiger partial charge in [0.2, 0.25) is 0 Å². The zero-order valence-electron chi connectivity index (χ0n) is 31.4. The largest absolute Gasteiger partial charge is 0.456 e. The van der Waals surface area contributed by atoms with Gasteiger partial charge in [-0.1, -0.05) is 121 Å². The quantitative estimate of drug-likeness (QED) is 0.186. The van der Waals surface area contributed by atoms with E-state index < -0.39 is 18.1 Å². The molecule has 3 aromatic heterocycles. The first kappa shape index (κ1) is 23.5. The maximum absolute atomic E-state index is 8.69. The second-order valence-corrected chi connectivity index (χ2v) is 12.1. The molecule has 234 valence electrons. The van der Waals surface area contributed by atoms with Crippen molar-refractivity contribution in [1.82, 2.24) is 15.0 Å². The van der Waals surface area contributed by atoms with E-state index >= 15 is 0 Å². The van der Waals surface area contributed by atoms with Gasteiger partial charge in [0, 0.05) is 38.2 Å². The van der Waals surface area contributed by atoms with Gasteiger partial charge in [-0.2, -0.15) is 0 Å². The molecule has 0 radical (unpaired) electrons. The minimum atomic E-state index is -0.439. The number of furan rings is 2. The molecule has 0 N–H and O–H groups in total. The van der Waals surface area contributed by atoms with Crippen LogP contribution in [0.15, 0.2) is 173 Å². The third kappa shape index (κ3) is 4.75. The Hall–Kier alpha value is -6.85. The van der Waals surface area contributed by atoms with Gasteiger partial charge in [0.05, 0.1) is 6.85 Å². The van der Waals surface area contributed by atoms with Crippen LogP contribution in [0, 0.1) is 0 Å². The predicted molar refractivity (Wildman–Crippen MR) is 202 cm³/mol. The van der Waals surface area contributed by atoms with Crippen molar-refractivity contribution < 1.29 is 15.7 Å². The molecule has 50 heavy (non-hydrogen) atoms. The summed E-state index contributed by atoms with van der Waals surface area (Å²) in [7, 11) is 0. The Kier molecular flexibility index (Phi) is 5.35. The highest BCUT2D eigenvalue weighted by Gasteiger charge is 2.18. The number of aromatic nitrogens is 3. The number of benzene rings is 7. The van der Waals surface area contributed by atoms with E-state index in [1.54, 1.807) is 6.07 Å². The maximum atomic E-state index is 8.69. The molecule has 0 fully saturated rings. The van der Waals surface area contributed by atoms with Crippen molar-refractivity contribution >= 4 is 43.9 Å². The van der Waals surface area contributed by atoms with Gasteiger partial charge in [0.1, 0.15) is 22.3 Å². The molecule has 0 aliphatic carbocycles. The van der Waals surface area contributed by atoms with Gasteiger partial charge >= 0.3 is 0 Å². The van der Waals surface area contributed by atoms with Crippen LogP contribution < -0.4 is 0 Å². The predicted octanol–water partition coefficient (Wildman–Crippen LogP) is 12.0. The summed E-state index contributed by atoms with van der Waals surface area (Å²) in [5.41, 5.74) is 7.24. The second-order valence-electron chi connectivity index (χ2n) is 12.1. The summed E-state index contributed by atoms with van der Waals surface area (Å²) in [6, 6.07) is 41.2. The second kappa shape index (κ2) is 11.4. The lowest BCUT2D eigenvalue weighted by molar-refractivity contribution is 0.668. The van der Waals surface area contributed by atoms with Crippen molar-refractivity contribution in [2.75, 3.05) is 0 Å². The topological polar surface area (TPSA) is 65.0 Å². The molecule has 0 saturated carbocycles. The molecule has 3 heterocycles. The fourth-order valence-corrected chi connectivity index (χ4v) is 6.64. The summed E-state index contributed by atoms with van der Waals surface area (Å²) in [6.45, 7) is 0. The van der Waals surface area contributed by atoms with Crippen molar-refractivity contribution in [3.05, 3.63) is 164 Å². The number of para-hydroxylation sites is 1. The van der Waals surface area contributed by atoms with Gasteiger partial charge in [-0.3, -0.25) is 0 Å². The van der Waals surface area contributed by atoms with Gasteiger partial charge in [-0.15, -0.1) is 0 Å². The van der Waals surface area contributed by atoms with E-state index in [0.717, 1.165) is 49.4 Å². The average molecular weight is 647 g/mol. The monoisotopic (exact) mass is 646 g/mol. The van der Waals surface area contributed by atoms with Crippen LogP contribution in [0.25, 0.3) is 100 Å². The van der Waals surface area contributed by atoms with Crippen LogP contribution in [0.4, 0.5) is 0 Å². The molecule has 5 nitrogen and oxygen atoms in total. The van der Waals surface area contributed by atoms with Crippen LogP contribution in [0.5, 0.6) is 0 Å². The molecule has 0 saturated heterocycles. The lowest BCUT2D eigenvalue weighted by atomic mass is 9.94. The summed E-state index contributed by atoms with van der Waals surface area (Å²) in [5.74, 6) is 1.67. The molecule has 0 spiro atoms. The van der Waals surface area contributed by atoms with Crippen LogP contribution in [0.2, 0.25) is 0 Å². The third-order valence-corrected chi connectivity index (χ3v) is 9.01. The Labute approximate surface area is 294 Å². The molecule has 7 aromatic carbocycles. The molecular formula is C45H27N3O2. The highest BCUT2D eigenvalue weighted by atomic mass is 16.3. The fourth-order valence-electron chi connectivity index (χ4n) is 6.64. The highest BCUT2D eigenvalue weighted by molar-refractivity contribution is 6.15. The zero-order chi connectivity index (χ0) is 37.4. The number of rotatable bonds is 5. The van der Waals surface area contributed by atoms with Crippen molar-refractivity contribution in [2.45, 2.75) is 0 Å². The molecule has 0 aliphatic heterocycles. The van der Waals surface area contributed by atoms with E-state index in [9.17, 15) is 0 Å². The first-order chi connectivity index (χ1) is 26.8. The van der Waals surface area contributed by atoms with Crippen LogP contribution in [-0.4, -0.2) is 15.0 Å². The summed E-state index contributed by atoms with van der Waals surface area (Å²) in [5, 5.41) is 3.60. The molecule has 0 unspecified atom stereocenters. The van der Waals surface area contributed by atoms with E-state index in [-0.39, 0.29) is 17.6 Å². The van der Waals surface area contributed by atoms with Crippen LogP contribution in [-0.2, 0) is 0 Å². The molecular weight excluding hydrogens is 615 g/mol. The van der Waals surface area contributed by atoms with Gasteiger partial charge in [0.25, 0.3) is 0 Å². The van der Waals surface area contributed by atoms with Crippen molar-refractivity contribution in [3.8, 4) is 56.4 Å². The first-order valence-electron chi connectivity index (χ1n) is 18.7. The minimum Gasteiger partial charge on any atom is -0.456 e. The number of fused-ring (bicyclic) bond motifs is 6. The standard InChI is InChI=1S/C45H27N3O2/c1-4-12-28(13-5-1)33-24-37(42-36-18-10-11-19-38(36)49-41(42)27-33)31-20-22-34-35-23-21-32(26-40(35)50-39(34)25-31)45-47-43(29-14-6-2-7-15-29)46-44(48-45)30-16-8-3-9-17-30/h1-27H/i1D,4D,5D,12D,13D. The van der Waals surface area contributed by atoms with Gasteiger partial charge < -0.3 is 8.83 Å². The molecule has 5 heteroatoms. The van der Waals surface area contributed by atoms with Crippen molar-refractivity contribution in [3.63, 3.8) is 0 Å². The average Bonchev–Trinajstić information content (AvgIpc) is 3.80. The first-order valence-corrected chi connectivity index (χ1v) is 16.2. The molecule has 0 aliphatic rings.